The van der Waals surface area contributed by atoms with E-state index in [1.165, 1.54) is 0 Å². The van der Waals surface area contributed by atoms with Crippen molar-refractivity contribution in [2.45, 2.75) is 26.4 Å². The summed E-state index contributed by atoms with van der Waals surface area (Å²) in [4.78, 5) is 11.5. The van der Waals surface area contributed by atoms with Gasteiger partial charge in [0.2, 0.25) is 0 Å². The van der Waals surface area contributed by atoms with Crippen LogP contribution in [-0.4, -0.2) is 30.3 Å². The number of hydrogen-bond donors (Lipinski definition) is 2. The standard InChI is InChI=1S/C13H19NO3/c1-3-14-13(16)10(2)17-12-7-5-4-6-11(12)8-9-15/h4-7,10,15H,3,8-9H2,1-2H3,(H,14,16). The Morgan fingerprint density at radius 2 is 2.18 bits per heavy atom. The van der Waals surface area contributed by atoms with E-state index in [1.807, 2.05) is 25.1 Å². The van der Waals surface area contributed by atoms with E-state index >= 15 is 0 Å². The van der Waals surface area contributed by atoms with Gasteiger partial charge in [-0.25, -0.2) is 0 Å². The van der Waals surface area contributed by atoms with Crippen molar-refractivity contribution in [1.82, 2.24) is 5.32 Å². The number of hydrogen-bond acceptors (Lipinski definition) is 3. The first kappa shape index (κ1) is 13.5. The van der Waals surface area contributed by atoms with Crippen molar-refractivity contribution in [3.05, 3.63) is 29.8 Å². The number of aliphatic hydroxyl groups excluding tert-OH is 1. The maximum atomic E-state index is 11.5. The largest absolute Gasteiger partial charge is 0.481 e. The quantitative estimate of drug-likeness (QED) is 0.779. The molecular formula is C13H19NO3. The van der Waals surface area contributed by atoms with E-state index < -0.39 is 6.10 Å². The van der Waals surface area contributed by atoms with Crippen LogP contribution in [0.5, 0.6) is 5.75 Å². The topological polar surface area (TPSA) is 58.6 Å². The molecule has 1 aromatic rings. The molecule has 0 radical (unpaired) electrons. The summed E-state index contributed by atoms with van der Waals surface area (Å²) in [6.45, 7) is 4.23. The van der Waals surface area contributed by atoms with Crippen LogP contribution in [-0.2, 0) is 11.2 Å². The van der Waals surface area contributed by atoms with Crippen LogP contribution in [0.4, 0.5) is 0 Å². The first-order valence-corrected chi connectivity index (χ1v) is 5.82. The smallest absolute Gasteiger partial charge is 0.260 e. The molecule has 1 aromatic carbocycles. The average molecular weight is 237 g/mol. The van der Waals surface area contributed by atoms with E-state index in [0.717, 1.165) is 5.56 Å². The molecule has 0 saturated heterocycles. The van der Waals surface area contributed by atoms with Crippen molar-refractivity contribution in [3.8, 4) is 5.75 Å². The molecule has 0 saturated carbocycles. The summed E-state index contributed by atoms with van der Waals surface area (Å²) >= 11 is 0. The molecule has 0 bridgehead atoms. The average Bonchev–Trinajstić information content (AvgIpc) is 2.32. The van der Waals surface area contributed by atoms with Gasteiger partial charge in [0.1, 0.15) is 5.75 Å². The van der Waals surface area contributed by atoms with Gasteiger partial charge in [0.15, 0.2) is 6.10 Å². The van der Waals surface area contributed by atoms with Gasteiger partial charge in [-0.15, -0.1) is 0 Å². The first-order valence-electron chi connectivity index (χ1n) is 5.82. The lowest BCUT2D eigenvalue weighted by molar-refractivity contribution is -0.127. The second-order valence-electron chi connectivity index (χ2n) is 3.74. The third-order valence-corrected chi connectivity index (χ3v) is 2.38. The van der Waals surface area contributed by atoms with Crippen molar-refractivity contribution in [1.29, 1.82) is 0 Å². The molecule has 2 N–H and O–H groups in total. The maximum absolute atomic E-state index is 11.5. The molecule has 1 rings (SSSR count). The van der Waals surface area contributed by atoms with Crippen molar-refractivity contribution >= 4 is 5.91 Å². The third-order valence-electron chi connectivity index (χ3n) is 2.38. The Balaban J connectivity index is 2.70. The molecule has 0 aliphatic heterocycles. The number of benzene rings is 1. The van der Waals surface area contributed by atoms with Gasteiger partial charge in [-0.1, -0.05) is 18.2 Å². The fourth-order valence-corrected chi connectivity index (χ4v) is 1.51. The van der Waals surface area contributed by atoms with Gasteiger partial charge >= 0.3 is 0 Å². The van der Waals surface area contributed by atoms with Crippen molar-refractivity contribution < 1.29 is 14.6 Å². The number of carbonyl (C=O) groups excluding carboxylic acids is 1. The van der Waals surface area contributed by atoms with Crippen LogP contribution in [0.2, 0.25) is 0 Å². The molecule has 0 heterocycles. The number of carbonyl (C=O) groups is 1. The van der Waals surface area contributed by atoms with Crippen LogP contribution in [0.3, 0.4) is 0 Å². The summed E-state index contributed by atoms with van der Waals surface area (Å²) < 4.78 is 5.59. The van der Waals surface area contributed by atoms with Crippen LogP contribution in [0.1, 0.15) is 19.4 Å². The number of ether oxygens (including phenoxy) is 1. The van der Waals surface area contributed by atoms with Crippen molar-refractivity contribution in [2.75, 3.05) is 13.2 Å². The zero-order chi connectivity index (χ0) is 12.7. The molecule has 0 spiro atoms. The van der Waals surface area contributed by atoms with Crippen molar-refractivity contribution in [2.24, 2.45) is 0 Å². The molecule has 1 unspecified atom stereocenters. The Hall–Kier alpha value is -1.55. The van der Waals surface area contributed by atoms with Gasteiger partial charge in [-0.05, 0) is 31.9 Å². The van der Waals surface area contributed by atoms with Gasteiger partial charge in [0.25, 0.3) is 5.91 Å². The lowest BCUT2D eigenvalue weighted by atomic mass is 10.1. The monoisotopic (exact) mass is 237 g/mol. The molecule has 17 heavy (non-hydrogen) atoms. The van der Waals surface area contributed by atoms with Crippen LogP contribution in [0.15, 0.2) is 24.3 Å². The Bertz CT molecular complexity index is 365. The summed E-state index contributed by atoms with van der Waals surface area (Å²) in [5, 5.41) is 11.6. The molecule has 1 atom stereocenters. The van der Waals surface area contributed by atoms with Crippen LogP contribution >= 0.6 is 0 Å². The van der Waals surface area contributed by atoms with Crippen molar-refractivity contribution in [3.63, 3.8) is 0 Å². The van der Waals surface area contributed by atoms with E-state index in [4.69, 9.17) is 9.84 Å². The first-order chi connectivity index (χ1) is 8.19. The SMILES string of the molecule is CCNC(=O)C(C)Oc1ccccc1CCO. The second-order valence-corrected chi connectivity index (χ2v) is 3.74. The highest BCUT2D eigenvalue weighted by molar-refractivity contribution is 5.80. The van der Waals surface area contributed by atoms with Gasteiger partial charge in [-0.3, -0.25) is 4.79 Å². The highest BCUT2D eigenvalue weighted by atomic mass is 16.5. The molecular weight excluding hydrogens is 218 g/mol. The number of amides is 1. The Labute approximate surface area is 102 Å². The zero-order valence-corrected chi connectivity index (χ0v) is 10.3. The van der Waals surface area contributed by atoms with E-state index in [9.17, 15) is 4.79 Å². The van der Waals surface area contributed by atoms with E-state index in [1.54, 1.807) is 13.0 Å². The molecule has 4 nitrogen and oxygen atoms in total. The minimum absolute atomic E-state index is 0.0654. The molecule has 0 aliphatic rings. The van der Waals surface area contributed by atoms with E-state index in [0.29, 0.717) is 18.7 Å². The summed E-state index contributed by atoms with van der Waals surface area (Å²) in [5.74, 6) is 0.520. The summed E-state index contributed by atoms with van der Waals surface area (Å²) in [5.41, 5.74) is 0.908. The van der Waals surface area contributed by atoms with Gasteiger partial charge in [0, 0.05) is 13.2 Å². The predicted octanol–water partition coefficient (Wildman–Crippen LogP) is 1.12. The molecule has 0 aliphatic carbocycles. The lowest BCUT2D eigenvalue weighted by Crippen LogP contribution is -2.36. The van der Waals surface area contributed by atoms with Crippen LogP contribution in [0, 0.1) is 0 Å². The summed E-state index contributed by atoms with van der Waals surface area (Å²) in [6, 6.07) is 7.42. The molecule has 0 aromatic heterocycles. The number of nitrogens with one attached hydrogen (secondary N) is 1. The lowest BCUT2D eigenvalue weighted by Gasteiger charge is -2.16. The molecule has 0 fully saturated rings. The fourth-order valence-electron chi connectivity index (χ4n) is 1.51. The molecule has 1 amide bonds. The van der Waals surface area contributed by atoms with Crippen LogP contribution < -0.4 is 10.1 Å². The van der Waals surface area contributed by atoms with Gasteiger partial charge in [0.05, 0.1) is 0 Å². The number of para-hydroxylation sites is 1. The van der Waals surface area contributed by atoms with E-state index in [-0.39, 0.29) is 12.5 Å². The normalized spacial score (nSPS) is 11.9. The third kappa shape index (κ3) is 4.07. The second kappa shape index (κ2) is 6.91. The fraction of sp³-hybridized carbons (Fsp3) is 0.462. The minimum Gasteiger partial charge on any atom is -0.481 e. The van der Waals surface area contributed by atoms with E-state index in [2.05, 4.69) is 5.32 Å². The summed E-state index contributed by atoms with van der Waals surface area (Å²) in [7, 11) is 0. The Morgan fingerprint density at radius 3 is 2.82 bits per heavy atom. The maximum Gasteiger partial charge on any atom is 0.260 e. The Kier molecular flexibility index (Phi) is 5.49. The minimum atomic E-state index is -0.533. The Morgan fingerprint density at radius 1 is 1.47 bits per heavy atom. The summed E-state index contributed by atoms with van der Waals surface area (Å²) in [6.07, 6.45) is -0.00652. The predicted molar refractivity (Wildman–Crippen MR) is 66.0 cm³/mol. The van der Waals surface area contributed by atoms with Crippen LogP contribution in [0.25, 0.3) is 0 Å². The van der Waals surface area contributed by atoms with Gasteiger partial charge < -0.3 is 15.2 Å². The highest BCUT2D eigenvalue weighted by Gasteiger charge is 2.14. The molecule has 4 heteroatoms. The highest BCUT2D eigenvalue weighted by Crippen LogP contribution is 2.19. The number of likely N-dealkylation sites (N-methyl/N-ethyl adjacent to an activating group) is 1. The number of rotatable bonds is 6. The zero-order valence-electron chi connectivity index (χ0n) is 10.3. The molecule has 94 valence electrons. The van der Waals surface area contributed by atoms with Gasteiger partial charge in [-0.2, -0.15) is 0 Å². The number of aliphatic hydroxyl groups is 1.